The van der Waals surface area contributed by atoms with Gasteiger partial charge in [-0.2, -0.15) is 0 Å². The number of nitrogens with one attached hydrogen (secondary N) is 2. The zero-order chi connectivity index (χ0) is 19.7. The molecule has 3 aromatic rings. The summed E-state index contributed by atoms with van der Waals surface area (Å²) >= 11 is 8.45. The summed E-state index contributed by atoms with van der Waals surface area (Å²) in [6.07, 6.45) is 0. The zero-order valence-electron chi connectivity index (χ0n) is 14.9. The van der Waals surface area contributed by atoms with E-state index in [1.165, 1.54) is 41.3 Å². The molecule has 0 fully saturated rings. The molecule has 1 unspecified atom stereocenters. The topological polar surface area (TPSA) is 74.8 Å². The van der Waals surface area contributed by atoms with Crippen molar-refractivity contribution >= 4 is 56.5 Å². The van der Waals surface area contributed by atoms with E-state index in [0.717, 1.165) is 10.4 Å². The third-order valence-corrected chi connectivity index (χ3v) is 6.68. The summed E-state index contributed by atoms with van der Waals surface area (Å²) in [7, 11) is 0. The maximum absolute atomic E-state index is 13.5. The zero-order valence-corrected chi connectivity index (χ0v) is 17.2. The summed E-state index contributed by atoms with van der Waals surface area (Å²) in [5.41, 5.74) is 1.13. The van der Waals surface area contributed by atoms with E-state index in [0.29, 0.717) is 27.5 Å². The normalized spacial score (nSPS) is 12.3. The molecule has 0 aliphatic heterocycles. The molecule has 0 aliphatic rings. The average molecular weight is 426 g/mol. The Morgan fingerprint density at radius 3 is 2.89 bits per heavy atom. The van der Waals surface area contributed by atoms with Crippen LogP contribution in [0.3, 0.4) is 0 Å². The van der Waals surface area contributed by atoms with Gasteiger partial charge in [-0.1, -0.05) is 11.6 Å². The second kappa shape index (κ2) is 8.00. The molecule has 27 heavy (non-hydrogen) atoms. The van der Waals surface area contributed by atoms with Crippen LogP contribution in [0, 0.1) is 19.7 Å². The van der Waals surface area contributed by atoms with Crippen LogP contribution in [0.15, 0.2) is 23.0 Å². The molecule has 2 aromatic heterocycles. The lowest BCUT2D eigenvalue weighted by atomic mass is 10.2. The average Bonchev–Trinajstić information content (AvgIpc) is 2.90. The SMILES string of the molecule is Cc1sc2nc(CSC(C)C(=O)Nc3ccc(Cl)c(F)c3)[nH]c(=O)c2c1C. The minimum absolute atomic E-state index is 0.0000983. The molecule has 1 aromatic carbocycles. The van der Waals surface area contributed by atoms with E-state index in [9.17, 15) is 14.0 Å². The van der Waals surface area contributed by atoms with Gasteiger partial charge in [0.2, 0.25) is 5.91 Å². The highest BCUT2D eigenvalue weighted by Gasteiger charge is 2.17. The fourth-order valence-electron chi connectivity index (χ4n) is 2.46. The first-order chi connectivity index (χ1) is 12.8. The Kier molecular flexibility index (Phi) is 5.88. The highest BCUT2D eigenvalue weighted by atomic mass is 35.5. The number of amides is 1. The second-order valence-electron chi connectivity index (χ2n) is 6.05. The van der Waals surface area contributed by atoms with Gasteiger partial charge in [0.25, 0.3) is 5.56 Å². The predicted octanol–water partition coefficient (Wildman–Crippen LogP) is 4.65. The van der Waals surface area contributed by atoms with Crippen molar-refractivity contribution in [2.45, 2.75) is 31.8 Å². The van der Waals surface area contributed by atoms with E-state index in [2.05, 4.69) is 15.3 Å². The molecule has 3 rings (SSSR count). The van der Waals surface area contributed by atoms with Crippen molar-refractivity contribution in [3.8, 4) is 0 Å². The Morgan fingerprint density at radius 1 is 1.44 bits per heavy atom. The van der Waals surface area contributed by atoms with E-state index in [1.807, 2.05) is 13.8 Å². The standard InChI is InChI=1S/C18H17ClFN3O2S2/c1-8-9(2)27-18-15(8)17(25)22-14(23-18)7-26-10(3)16(24)21-11-4-5-12(19)13(20)6-11/h4-6,10H,7H2,1-3H3,(H,21,24)(H,22,23,25). The Balaban J connectivity index is 1.67. The van der Waals surface area contributed by atoms with E-state index in [-0.39, 0.29) is 16.5 Å². The summed E-state index contributed by atoms with van der Waals surface area (Å²) in [4.78, 5) is 33.6. The lowest BCUT2D eigenvalue weighted by Crippen LogP contribution is -2.23. The largest absolute Gasteiger partial charge is 0.325 e. The minimum Gasteiger partial charge on any atom is -0.325 e. The molecule has 0 saturated heterocycles. The number of hydrogen-bond donors (Lipinski definition) is 2. The number of aromatic nitrogens is 2. The lowest BCUT2D eigenvalue weighted by molar-refractivity contribution is -0.115. The molecular formula is C18H17ClFN3O2S2. The number of thioether (sulfide) groups is 1. The van der Waals surface area contributed by atoms with Crippen molar-refractivity contribution < 1.29 is 9.18 Å². The number of nitrogens with zero attached hydrogens (tertiary/aromatic N) is 1. The molecule has 5 nitrogen and oxygen atoms in total. The number of anilines is 1. The molecule has 1 atom stereocenters. The summed E-state index contributed by atoms with van der Waals surface area (Å²) in [5, 5.41) is 2.86. The summed E-state index contributed by atoms with van der Waals surface area (Å²) in [6.45, 7) is 5.61. The number of carbonyl (C=O) groups is 1. The van der Waals surface area contributed by atoms with E-state index in [1.54, 1.807) is 6.92 Å². The fraction of sp³-hybridized carbons (Fsp3) is 0.278. The maximum atomic E-state index is 13.5. The molecule has 0 aliphatic carbocycles. The number of benzene rings is 1. The van der Waals surface area contributed by atoms with Gasteiger partial charge in [-0.15, -0.1) is 23.1 Å². The number of H-pyrrole nitrogens is 1. The van der Waals surface area contributed by atoms with Crippen LogP contribution in [-0.4, -0.2) is 21.1 Å². The molecule has 9 heteroatoms. The van der Waals surface area contributed by atoms with Crippen molar-refractivity contribution in [2.75, 3.05) is 5.32 Å². The minimum atomic E-state index is -0.591. The highest BCUT2D eigenvalue weighted by Crippen LogP contribution is 2.27. The third kappa shape index (κ3) is 4.34. The van der Waals surface area contributed by atoms with Crippen LogP contribution < -0.4 is 10.9 Å². The number of hydrogen-bond acceptors (Lipinski definition) is 5. The summed E-state index contributed by atoms with van der Waals surface area (Å²) < 4.78 is 13.5. The number of aromatic amines is 1. The molecule has 0 radical (unpaired) electrons. The number of thiophene rings is 1. The van der Waals surface area contributed by atoms with Gasteiger partial charge in [0.05, 0.1) is 21.4 Å². The van der Waals surface area contributed by atoms with Crippen molar-refractivity contribution in [2.24, 2.45) is 0 Å². The van der Waals surface area contributed by atoms with Crippen LogP contribution in [0.5, 0.6) is 0 Å². The van der Waals surface area contributed by atoms with Gasteiger partial charge in [0.1, 0.15) is 16.5 Å². The Hall–Kier alpha value is -1.90. The van der Waals surface area contributed by atoms with E-state index < -0.39 is 11.1 Å². The first kappa shape index (κ1) is 19.9. The van der Waals surface area contributed by atoms with Crippen molar-refractivity contribution in [3.63, 3.8) is 0 Å². The summed E-state index contributed by atoms with van der Waals surface area (Å²) in [5.74, 6) is 0.0420. The van der Waals surface area contributed by atoms with E-state index in [4.69, 9.17) is 11.6 Å². The molecule has 2 N–H and O–H groups in total. The number of rotatable bonds is 5. The Morgan fingerprint density at radius 2 is 2.19 bits per heavy atom. The van der Waals surface area contributed by atoms with Crippen LogP contribution >= 0.6 is 34.7 Å². The highest BCUT2D eigenvalue weighted by molar-refractivity contribution is 7.99. The molecule has 0 spiro atoms. The first-order valence-corrected chi connectivity index (χ1v) is 10.4. The number of aryl methyl sites for hydroxylation is 2. The number of fused-ring (bicyclic) bond motifs is 1. The van der Waals surface area contributed by atoms with Gasteiger partial charge < -0.3 is 10.3 Å². The molecule has 1 amide bonds. The first-order valence-electron chi connectivity index (χ1n) is 8.12. The smallest absolute Gasteiger partial charge is 0.259 e. The van der Waals surface area contributed by atoms with Gasteiger partial charge in [-0.05, 0) is 44.5 Å². The van der Waals surface area contributed by atoms with Crippen LogP contribution in [0.4, 0.5) is 10.1 Å². The number of halogens is 2. The van der Waals surface area contributed by atoms with Gasteiger partial charge in [0, 0.05) is 10.6 Å². The van der Waals surface area contributed by atoms with Gasteiger partial charge in [-0.3, -0.25) is 9.59 Å². The molecular weight excluding hydrogens is 409 g/mol. The lowest BCUT2D eigenvalue weighted by Gasteiger charge is -2.12. The van der Waals surface area contributed by atoms with Crippen LogP contribution in [0.1, 0.15) is 23.2 Å². The number of carbonyl (C=O) groups excluding carboxylic acids is 1. The second-order valence-corrected chi connectivity index (χ2v) is 8.99. The van der Waals surface area contributed by atoms with Gasteiger partial charge in [0.15, 0.2) is 0 Å². The quantitative estimate of drug-likeness (QED) is 0.623. The monoisotopic (exact) mass is 425 g/mol. The third-order valence-electron chi connectivity index (χ3n) is 4.11. The van der Waals surface area contributed by atoms with Gasteiger partial charge in [-0.25, -0.2) is 9.37 Å². The molecule has 0 saturated carbocycles. The Labute approximate surface area is 168 Å². The van der Waals surface area contributed by atoms with Crippen molar-refractivity contribution in [1.82, 2.24) is 9.97 Å². The fourth-order valence-corrected chi connectivity index (χ4v) is 4.39. The van der Waals surface area contributed by atoms with Crippen LogP contribution in [-0.2, 0) is 10.5 Å². The Bertz CT molecular complexity index is 1080. The van der Waals surface area contributed by atoms with Crippen LogP contribution in [0.2, 0.25) is 5.02 Å². The van der Waals surface area contributed by atoms with Crippen LogP contribution in [0.25, 0.3) is 10.2 Å². The molecule has 142 valence electrons. The maximum Gasteiger partial charge on any atom is 0.259 e. The predicted molar refractivity (Wildman–Crippen MR) is 111 cm³/mol. The van der Waals surface area contributed by atoms with Crippen molar-refractivity contribution in [1.29, 1.82) is 0 Å². The van der Waals surface area contributed by atoms with Crippen molar-refractivity contribution in [3.05, 3.63) is 55.7 Å². The van der Waals surface area contributed by atoms with Gasteiger partial charge >= 0.3 is 0 Å². The molecule has 0 bridgehead atoms. The molecule has 2 heterocycles. The summed E-state index contributed by atoms with van der Waals surface area (Å²) in [6, 6.07) is 4.10. The van der Waals surface area contributed by atoms with E-state index >= 15 is 0 Å².